The van der Waals surface area contributed by atoms with Crippen LogP contribution in [-0.2, 0) is 0 Å². The molecule has 0 bridgehead atoms. The van der Waals surface area contributed by atoms with Crippen molar-refractivity contribution in [1.29, 1.82) is 0 Å². The summed E-state index contributed by atoms with van der Waals surface area (Å²) in [4.78, 5) is 14.5. The lowest BCUT2D eigenvalue weighted by atomic mass is 10.2. The van der Waals surface area contributed by atoms with Crippen molar-refractivity contribution < 1.29 is 14.3 Å². The lowest BCUT2D eigenvalue weighted by Crippen LogP contribution is -2.26. The summed E-state index contributed by atoms with van der Waals surface area (Å²) < 4.78 is 10.7. The van der Waals surface area contributed by atoms with E-state index in [1.54, 1.807) is 17.8 Å². The van der Waals surface area contributed by atoms with Gasteiger partial charge >= 0.3 is 0 Å². The first-order valence-electron chi connectivity index (χ1n) is 6.50. The molecule has 2 aliphatic rings. The first-order chi connectivity index (χ1) is 9.28. The molecule has 102 valence electrons. The van der Waals surface area contributed by atoms with E-state index in [9.17, 15) is 4.79 Å². The summed E-state index contributed by atoms with van der Waals surface area (Å²) in [6, 6.07) is 4.30. The number of carbonyl (C=O) groups is 1. The van der Waals surface area contributed by atoms with Gasteiger partial charge in [0.15, 0.2) is 17.8 Å². The normalized spacial score (nSPS) is 21.8. The zero-order valence-electron chi connectivity index (χ0n) is 10.9. The van der Waals surface area contributed by atoms with Gasteiger partial charge in [0.25, 0.3) is 0 Å². The smallest absolute Gasteiger partial charge is 0.231 e. The SMILES string of the molecule is CN1CCC[C@H]1CSc1cc2c(cc1C=O)OCO2. The summed E-state index contributed by atoms with van der Waals surface area (Å²) >= 11 is 1.73. The Morgan fingerprint density at radius 3 is 2.89 bits per heavy atom. The molecule has 1 aromatic carbocycles. The van der Waals surface area contributed by atoms with Crippen molar-refractivity contribution in [3.05, 3.63) is 17.7 Å². The highest BCUT2D eigenvalue weighted by atomic mass is 32.2. The van der Waals surface area contributed by atoms with Crippen LogP contribution in [0.2, 0.25) is 0 Å². The zero-order valence-corrected chi connectivity index (χ0v) is 11.7. The second-order valence-electron chi connectivity index (χ2n) is 4.95. The van der Waals surface area contributed by atoms with E-state index in [1.807, 2.05) is 6.07 Å². The molecule has 0 aromatic heterocycles. The summed E-state index contributed by atoms with van der Waals surface area (Å²) in [6.07, 6.45) is 3.40. The van der Waals surface area contributed by atoms with E-state index >= 15 is 0 Å². The van der Waals surface area contributed by atoms with Crippen LogP contribution in [0.25, 0.3) is 0 Å². The molecule has 0 aliphatic carbocycles. The summed E-state index contributed by atoms with van der Waals surface area (Å²) in [7, 11) is 2.17. The molecule has 0 radical (unpaired) electrons. The Hall–Kier alpha value is -1.20. The van der Waals surface area contributed by atoms with E-state index in [0.29, 0.717) is 17.4 Å². The average molecular weight is 279 g/mol. The fourth-order valence-electron chi connectivity index (χ4n) is 2.53. The second kappa shape index (κ2) is 5.43. The third-order valence-electron chi connectivity index (χ3n) is 3.73. The molecule has 4 nitrogen and oxygen atoms in total. The van der Waals surface area contributed by atoms with Crippen LogP contribution < -0.4 is 9.47 Å². The monoisotopic (exact) mass is 279 g/mol. The minimum Gasteiger partial charge on any atom is -0.454 e. The molecule has 0 spiro atoms. The Morgan fingerprint density at radius 1 is 1.42 bits per heavy atom. The van der Waals surface area contributed by atoms with E-state index in [0.717, 1.165) is 22.7 Å². The molecule has 0 saturated carbocycles. The molecule has 1 aromatic rings. The predicted octanol–water partition coefficient (Wildman–Crippen LogP) is 2.41. The van der Waals surface area contributed by atoms with Crippen molar-refractivity contribution in [3.63, 3.8) is 0 Å². The van der Waals surface area contributed by atoms with Gasteiger partial charge in [-0.1, -0.05) is 0 Å². The maximum absolute atomic E-state index is 11.2. The van der Waals surface area contributed by atoms with Gasteiger partial charge in [0, 0.05) is 22.3 Å². The van der Waals surface area contributed by atoms with Gasteiger partial charge in [-0.05, 0) is 38.6 Å². The molecule has 2 aliphatic heterocycles. The molecule has 1 saturated heterocycles. The van der Waals surface area contributed by atoms with Gasteiger partial charge in [0.2, 0.25) is 6.79 Å². The molecule has 0 N–H and O–H groups in total. The average Bonchev–Trinajstić information content (AvgIpc) is 3.03. The number of hydrogen-bond donors (Lipinski definition) is 0. The predicted molar refractivity (Wildman–Crippen MR) is 74.3 cm³/mol. The number of thioether (sulfide) groups is 1. The lowest BCUT2D eigenvalue weighted by molar-refractivity contribution is 0.112. The number of likely N-dealkylation sites (tertiary alicyclic amines) is 1. The summed E-state index contributed by atoms with van der Waals surface area (Å²) in [5.74, 6) is 2.43. The topological polar surface area (TPSA) is 38.8 Å². The molecular formula is C14H17NO3S. The lowest BCUT2D eigenvalue weighted by Gasteiger charge is -2.19. The van der Waals surface area contributed by atoms with E-state index in [2.05, 4.69) is 11.9 Å². The molecule has 1 atom stereocenters. The van der Waals surface area contributed by atoms with Crippen LogP contribution >= 0.6 is 11.8 Å². The Kier molecular flexibility index (Phi) is 3.66. The number of rotatable bonds is 4. The molecule has 2 heterocycles. The number of fused-ring (bicyclic) bond motifs is 1. The van der Waals surface area contributed by atoms with Crippen LogP contribution in [0, 0.1) is 0 Å². The second-order valence-corrected chi connectivity index (χ2v) is 6.01. The molecule has 19 heavy (non-hydrogen) atoms. The quantitative estimate of drug-likeness (QED) is 0.625. The molecule has 3 rings (SSSR count). The third kappa shape index (κ3) is 2.58. The third-order valence-corrected chi connectivity index (χ3v) is 4.95. The Morgan fingerprint density at radius 2 is 2.21 bits per heavy atom. The van der Waals surface area contributed by atoms with Crippen LogP contribution in [0.15, 0.2) is 17.0 Å². The first-order valence-corrected chi connectivity index (χ1v) is 7.48. The number of benzene rings is 1. The minimum absolute atomic E-state index is 0.243. The number of carbonyl (C=O) groups excluding carboxylic acids is 1. The van der Waals surface area contributed by atoms with Crippen LogP contribution in [0.3, 0.4) is 0 Å². The molecule has 5 heteroatoms. The van der Waals surface area contributed by atoms with E-state index < -0.39 is 0 Å². The summed E-state index contributed by atoms with van der Waals surface area (Å²) in [5.41, 5.74) is 0.690. The van der Waals surface area contributed by atoms with Gasteiger partial charge in [0.05, 0.1) is 0 Å². The van der Waals surface area contributed by atoms with Crippen LogP contribution in [0.4, 0.5) is 0 Å². The summed E-state index contributed by atoms with van der Waals surface area (Å²) in [5, 5.41) is 0. The Bertz CT molecular complexity index is 492. The fourth-order valence-corrected chi connectivity index (χ4v) is 3.79. The largest absolute Gasteiger partial charge is 0.454 e. The molecule has 0 unspecified atom stereocenters. The van der Waals surface area contributed by atoms with Crippen LogP contribution in [0.1, 0.15) is 23.2 Å². The van der Waals surface area contributed by atoms with E-state index in [-0.39, 0.29) is 6.79 Å². The Balaban J connectivity index is 1.74. The highest BCUT2D eigenvalue weighted by molar-refractivity contribution is 7.99. The van der Waals surface area contributed by atoms with Gasteiger partial charge in [-0.15, -0.1) is 11.8 Å². The summed E-state index contributed by atoms with van der Waals surface area (Å²) in [6.45, 7) is 1.42. The number of hydrogen-bond acceptors (Lipinski definition) is 5. The van der Waals surface area contributed by atoms with Crippen molar-refractivity contribution in [1.82, 2.24) is 4.90 Å². The molecule has 0 amide bonds. The van der Waals surface area contributed by atoms with Crippen molar-refractivity contribution in [3.8, 4) is 11.5 Å². The van der Waals surface area contributed by atoms with Crippen molar-refractivity contribution >= 4 is 18.0 Å². The van der Waals surface area contributed by atoms with E-state index in [4.69, 9.17) is 9.47 Å². The minimum atomic E-state index is 0.243. The maximum atomic E-state index is 11.2. The standard InChI is InChI=1S/C14H17NO3S/c1-15-4-2-3-11(15)8-19-14-6-13-12(17-9-18-13)5-10(14)7-16/h5-7,11H,2-4,8-9H2,1H3/t11-/m0/s1. The van der Waals surface area contributed by atoms with Gasteiger partial charge in [-0.3, -0.25) is 4.79 Å². The van der Waals surface area contributed by atoms with Crippen molar-refractivity contribution in [2.45, 2.75) is 23.8 Å². The zero-order chi connectivity index (χ0) is 13.2. The maximum Gasteiger partial charge on any atom is 0.231 e. The Labute approximate surface area is 117 Å². The fraction of sp³-hybridized carbons (Fsp3) is 0.500. The van der Waals surface area contributed by atoms with Crippen molar-refractivity contribution in [2.75, 3.05) is 26.1 Å². The van der Waals surface area contributed by atoms with Crippen LogP contribution in [-0.4, -0.2) is 43.4 Å². The van der Waals surface area contributed by atoms with Gasteiger partial charge in [-0.25, -0.2) is 0 Å². The van der Waals surface area contributed by atoms with E-state index in [1.165, 1.54) is 19.4 Å². The van der Waals surface area contributed by atoms with Gasteiger partial charge in [0.1, 0.15) is 0 Å². The molecule has 1 fully saturated rings. The number of ether oxygens (including phenoxy) is 2. The highest BCUT2D eigenvalue weighted by Crippen LogP contribution is 2.38. The van der Waals surface area contributed by atoms with Gasteiger partial charge in [-0.2, -0.15) is 0 Å². The molecular weight excluding hydrogens is 262 g/mol. The first kappa shape index (κ1) is 12.8. The number of nitrogens with zero attached hydrogens (tertiary/aromatic N) is 1. The van der Waals surface area contributed by atoms with Gasteiger partial charge < -0.3 is 14.4 Å². The highest BCUT2D eigenvalue weighted by Gasteiger charge is 2.22. The van der Waals surface area contributed by atoms with Crippen molar-refractivity contribution in [2.24, 2.45) is 0 Å². The van der Waals surface area contributed by atoms with Crippen LogP contribution in [0.5, 0.6) is 11.5 Å². The number of aldehydes is 1.